The molecule has 0 radical (unpaired) electrons. The van der Waals surface area contributed by atoms with Crippen molar-refractivity contribution >= 4 is 5.82 Å². The van der Waals surface area contributed by atoms with Gasteiger partial charge >= 0.3 is 0 Å². The van der Waals surface area contributed by atoms with Gasteiger partial charge in [0.05, 0.1) is 0 Å². The minimum absolute atomic E-state index is 0.506. The van der Waals surface area contributed by atoms with Crippen LogP contribution < -0.4 is 10.2 Å². The predicted octanol–water partition coefficient (Wildman–Crippen LogP) is 2.42. The van der Waals surface area contributed by atoms with E-state index in [4.69, 9.17) is 4.98 Å². The van der Waals surface area contributed by atoms with Crippen molar-refractivity contribution in [2.24, 2.45) is 0 Å². The Balaban J connectivity index is 2.03. The summed E-state index contributed by atoms with van der Waals surface area (Å²) in [7, 11) is 4.39. The second-order valence-corrected chi connectivity index (χ2v) is 6.67. The molecule has 21 heavy (non-hydrogen) atoms. The van der Waals surface area contributed by atoms with Gasteiger partial charge in [-0.3, -0.25) is 0 Å². The first kappa shape index (κ1) is 16.2. The molecular formula is C17H30N4. The standard InChI is InChI=1S/C17H30N4/c1-13(2)18-11-15-9-14(3)19-17(10-15)21(5)12-16-7-6-8-20(16)4/h9-10,13,16,18H,6-8,11-12H2,1-5H3. The molecule has 1 N–H and O–H groups in total. The molecule has 1 aromatic rings. The van der Waals surface area contributed by atoms with Crippen LogP contribution in [-0.2, 0) is 6.54 Å². The molecule has 1 atom stereocenters. The summed E-state index contributed by atoms with van der Waals surface area (Å²) in [6.07, 6.45) is 2.62. The summed E-state index contributed by atoms with van der Waals surface area (Å²) in [4.78, 5) is 9.48. The lowest BCUT2D eigenvalue weighted by molar-refractivity contribution is 0.314. The van der Waals surface area contributed by atoms with E-state index in [9.17, 15) is 0 Å². The van der Waals surface area contributed by atoms with Crippen LogP contribution >= 0.6 is 0 Å². The van der Waals surface area contributed by atoms with Gasteiger partial charge < -0.3 is 15.1 Å². The molecule has 0 aromatic carbocycles. The molecule has 0 saturated carbocycles. The lowest BCUT2D eigenvalue weighted by Gasteiger charge is -2.27. The third kappa shape index (κ3) is 4.68. The molecule has 1 aliphatic rings. The van der Waals surface area contributed by atoms with Crippen LogP contribution in [0.5, 0.6) is 0 Å². The highest BCUT2D eigenvalue weighted by Crippen LogP contribution is 2.19. The van der Waals surface area contributed by atoms with Gasteiger partial charge in [0.2, 0.25) is 0 Å². The lowest BCUT2D eigenvalue weighted by Crippen LogP contribution is -2.37. The zero-order chi connectivity index (χ0) is 15.4. The normalized spacial score (nSPS) is 19.4. The highest BCUT2D eigenvalue weighted by molar-refractivity contribution is 5.42. The van der Waals surface area contributed by atoms with Crippen molar-refractivity contribution in [2.45, 2.75) is 52.2 Å². The molecule has 2 heterocycles. The Morgan fingerprint density at radius 2 is 2.19 bits per heavy atom. The van der Waals surface area contributed by atoms with E-state index >= 15 is 0 Å². The van der Waals surface area contributed by atoms with Crippen LogP contribution in [0.15, 0.2) is 12.1 Å². The molecule has 1 aromatic heterocycles. The molecule has 0 amide bonds. The number of aromatic nitrogens is 1. The molecule has 1 aliphatic heterocycles. The Hall–Kier alpha value is -1.13. The summed E-state index contributed by atoms with van der Waals surface area (Å²) < 4.78 is 0. The first-order valence-electron chi connectivity index (χ1n) is 8.08. The van der Waals surface area contributed by atoms with E-state index in [2.05, 4.69) is 62.1 Å². The van der Waals surface area contributed by atoms with E-state index < -0.39 is 0 Å². The van der Waals surface area contributed by atoms with Gasteiger partial charge in [-0.25, -0.2) is 4.98 Å². The quantitative estimate of drug-likeness (QED) is 0.872. The number of hydrogen-bond donors (Lipinski definition) is 1. The fraction of sp³-hybridized carbons (Fsp3) is 0.706. The highest BCUT2D eigenvalue weighted by atomic mass is 15.2. The van der Waals surface area contributed by atoms with Gasteiger partial charge in [-0.05, 0) is 51.1 Å². The lowest BCUT2D eigenvalue weighted by atomic mass is 10.2. The Kier molecular flexibility index (Phi) is 5.59. The number of rotatable bonds is 6. The number of nitrogens with one attached hydrogen (secondary N) is 1. The molecule has 1 unspecified atom stereocenters. The van der Waals surface area contributed by atoms with Crippen LogP contribution in [0.4, 0.5) is 5.82 Å². The topological polar surface area (TPSA) is 31.4 Å². The summed E-state index contributed by atoms with van der Waals surface area (Å²) in [5, 5.41) is 3.48. The van der Waals surface area contributed by atoms with Gasteiger partial charge in [0.15, 0.2) is 0 Å². The van der Waals surface area contributed by atoms with Crippen molar-refractivity contribution in [3.8, 4) is 0 Å². The van der Waals surface area contributed by atoms with Crippen molar-refractivity contribution in [3.63, 3.8) is 0 Å². The second kappa shape index (κ2) is 7.23. The third-order valence-corrected chi connectivity index (χ3v) is 4.26. The number of anilines is 1. The fourth-order valence-corrected chi connectivity index (χ4v) is 2.96. The molecule has 0 spiro atoms. The fourth-order valence-electron chi connectivity index (χ4n) is 2.96. The summed E-state index contributed by atoms with van der Waals surface area (Å²) in [6.45, 7) is 9.63. The maximum Gasteiger partial charge on any atom is 0.128 e. The van der Waals surface area contributed by atoms with E-state index in [1.807, 2.05) is 0 Å². The minimum Gasteiger partial charge on any atom is -0.358 e. The number of hydrogen-bond acceptors (Lipinski definition) is 4. The van der Waals surface area contributed by atoms with Gasteiger partial charge in [0.1, 0.15) is 5.82 Å². The average Bonchev–Trinajstić information content (AvgIpc) is 2.81. The van der Waals surface area contributed by atoms with E-state index in [1.54, 1.807) is 0 Å². The SMILES string of the molecule is Cc1cc(CNC(C)C)cc(N(C)CC2CCCN2C)n1. The highest BCUT2D eigenvalue weighted by Gasteiger charge is 2.22. The molecular weight excluding hydrogens is 260 g/mol. The molecule has 2 rings (SSSR count). The number of likely N-dealkylation sites (N-methyl/N-ethyl adjacent to an activating group) is 2. The average molecular weight is 290 g/mol. The van der Waals surface area contributed by atoms with Crippen molar-refractivity contribution in [1.29, 1.82) is 0 Å². The number of aryl methyl sites for hydroxylation is 1. The summed E-state index contributed by atoms with van der Waals surface area (Å²) in [6, 6.07) is 5.56. The Morgan fingerprint density at radius 1 is 1.43 bits per heavy atom. The van der Waals surface area contributed by atoms with Gasteiger partial charge in [-0.1, -0.05) is 13.8 Å². The zero-order valence-corrected chi connectivity index (χ0v) is 14.2. The Morgan fingerprint density at radius 3 is 2.81 bits per heavy atom. The zero-order valence-electron chi connectivity index (χ0n) is 14.2. The van der Waals surface area contributed by atoms with Crippen molar-refractivity contribution in [3.05, 3.63) is 23.4 Å². The molecule has 1 fully saturated rings. The summed E-state index contributed by atoms with van der Waals surface area (Å²) >= 11 is 0. The molecule has 4 heteroatoms. The van der Waals surface area contributed by atoms with Gasteiger partial charge in [-0.2, -0.15) is 0 Å². The smallest absolute Gasteiger partial charge is 0.128 e. The first-order chi connectivity index (χ1) is 9.95. The van der Waals surface area contributed by atoms with Crippen LogP contribution in [0.25, 0.3) is 0 Å². The van der Waals surface area contributed by atoms with Gasteiger partial charge in [-0.15, -0.1) is 0 Å². The molecule has 118 valence electrons. The van der Waals surface area contributed by atoms with Gasteiger partial charge in [0.25, 0.3) is 0 Å². The van der Waals surface area contributed by atoms with Crippen LogP contribution in [0.1, 0.15) is 37.9 Å². The van der Waals surface area contributed by atoms with Crippen LogP contribution in [-0.4, -0.2) is 49.2 Å². The van der Waals surface area contributed by atoms with Gasteiger partial charge in [0, 0.05) is 37.9 Å². The summed E-state index contributed by atoms with van der Waals surface area (Å²) in [5.41, 5.74) is 2.41. The molecule has 0 bridgehead atoms. The summed E-state index contributed by atoms with van der Waals surface area (Å²) in [5.74, 6) is 1.09. The van der Waals surface area contributed by atoms with Crippen LogP contribution in [0.2, 0.25) is 0 Å². The minimum atomic E-state index is 0.506. The van der Waals surface area contributed by atoms with E-state index in [1.165, 1.54) is 24.9 Å². The van der Waals surface area contributed by atoms with Crippen LogP contribution in [0, 0.1) is 6.92 Å². The van der Waals surface area contributed by atoms with E-state index in [-0.39, 0.29) is 0 Å². The first-order valence-corrected chi connectivity index (χ1v) is 8.08. The van der Waals surface area contributed by atoms with Crippen molar-refractivity contribution < 1.29 is 0 Å². The number of nitrogens with zero attached hydrogens (tertiary/aromatic N) is 3. The van der Waals surface area contributed by atoms with Crippen molar-refractivity contribution in [1.82, 2.24) is 15.2 Å². The maximum absolute atomic E-state index is 4.71. The molecule has 0 aliphatic carbocycles. The van der Waals surface area contributed by atoms with Crippen molar-refractivity contribution in [2.75, 3.05) is 32.1 Å². The predicted molar refractivity (Wildman–Crippen MR) is 89.9 cm³/mol. The van der Waals surface area contributed by atoms with Crippen LogP contribution in [0.3, 0.4) is 0 Å². The number of pyridine rings is 1. The second-order valence-electron chi connectivity index (χ2n) is 6.67. The largest absolute Gasteiger partial charge is 0.358 e. The number of likely N-dealkylation sites (tertiary alicyclic amines) is 1. The third-order valence-electron chi connectivity index (χ3n) is 4.26. The molecule has 1 saturated heterocycles. The monoisotopic (exact) mass is 290 g/mol. The Bertz CT molecular complexity index is 458. The van der Waals surface area contributed by atoms with E-state index in [0.29, 0.717) is 12.1 Å². The maximum atomic E-state index is 4.71. The van der Waals surface area contributed by atoms with E-state index in [0.717, 1.165) is 24.6 Å². The Labute approximate surface area is 129 Å². The molecule has 4 nitrogen and oxygen atoms in total.